The first-order chi connectivity index (χ1) is 20.3. The third-order valence-electron chi connectivity index (χ3n) is 6.41. The quantitative estimate of drug-likeness (QED) is 0.325. The Labute approximate surface area is 237 Å². The largest absolute Gasteiger partial charge is 0.494 e. The van der Waals surface area contributed by atoms with Crippen LogP contribution in [0.3, 0.4) is 0 Å². The fraction of sp³-hybridized carbons (Fsp3) is 0.407. The van der Waals surface area contributed by atoms with Crippen LogP contribution in [0.25, 0.3) is 11.3 Å². The van der Waals surface area contributed by atoms with E-state index in [1.807, 2.05) is 24.3 Å². The van der Waals surface area contributed by atoms with Gasteiger partial charge in [-0.15, -0.1) is 10.2 Å². The summed E-state index contributed by atoms with van der Waals surface area (Å²) in [5.74, 6) is -1.07. The van der Waals surface area contributed by atoms with Gasteiger partial charge in [-0.05, 0) is 45.1 Å². The van der Waals surface area contributed by atoms with Crippen molar-refractivity contribution in [2.75, 3.05) is 59.0 Å². The predicted octanol–water partition coefficient (Wildman–Crippen LogP) is 1.97. The van der Waals surface area contributed by atoms with E-state index in [0.29, 0.717) is 41.5 Å². The second-order valence-corrected chi connectivity index (χ2v) is 9.79. The number of carbonyl (C=O) groups is 3. The van der Waals surface area contributed by atoms with Gasteiger partial charge in [0.15, 0.2) is 17.3 Å². The maximum atomic E-state index is 13.1. The first-order valence-electron chi connectivity index (χ1n) is 14.2. The monoisotopic (exact) mass is 552 g/mol. The number of benzene rings is 1. The van der Waals surface area contributed by atoms with Crippen LogP contribution in [0.15, 0.2) is 30.3 Å². The summed E-state index contributed by atoms with van der Waals surface area (Å²) in [6.07, 6.45) is 1.56. The number of rotatable bonds is 11. The molecule has 1 aliphatic rings. The number of para-hydroxylation sites is 1. The molecule has 0 unspecified atom stereocenters. The predicted molar refractivity (Wildman–Crippen MR) is 151 cm³/mol. The molecule has 2 heterocycles. The van der Waals surface area contributed by atoms with Crippen LogP contribution in [0.1, 0.15) is 37.9 Å². The van der Waals surface area contributed by atoms with Gasteiger partial charge in [0.05, 0.1) is 24.2 Å². The smallest absolute Gasteiger partial charge is 0.273 e. The summed E-state index contributed by atoms with van der Waals surface area (Å²) in [7, 11) is 8.74. The second kappa shape index (κ2) is 12.1. The van der Waals surface area contributed by atoms with Crippen molar-refractivity contribution in [2.45, 2.75) is 12.8 Å². The molecular weight excluding hydrogens is 514 g/mol. The molecule has 0 saturated heterocycles. The molecule has 3 N–H and O–H groups in total. The fourth-order valence-electron chi connectivity index (χ4n) is 4.00. The summed E-state index contributed by atoms with van der Waals surface area (Å²) in [5.41, 5.74) is 1.57. The van der Waals surface area contributed by atoms with E-state index in [1.165, 1.54) is 17.9 Å². The summed E-state index contributed by atoms with van der Waals surface area (Å²) in [6.45, 7) is -1.52. The van der Waals surface area contributed by atoms with Crippen molar-refractivity contribution in [2.24, 2.45) is 13.0 Å². The fourth-order valence-corrected chi connectivity index (χ4v) is 4.00. The molecule has 2 aromatic heterocycles. The van der Waals surface area contributed by atoms with Gasteiger partial charge in [-0.2, -0.15) is 5.10 Å². The molecule has 1 saturated carbocycles. The number of likely N-dealkylation sites (N-methyl/N-ethyl adjacent to an activating group) is 2. The number of aromatic nitrogens is 4. The zero-order valence-electron chi connectivity index (χ0n) is 26.1. The van der Waals surface area contributed by atoms with Crippen molar-refractivity contribution in [1.82, 2.24) is 35.1 Å². The third-order valence-corrected chi connectivity index (χ3v) is 6.41. The summed E-state index contributed by atoms with van der Waals surface area (Å²) >= 11 is 0. The Morgan fingerprint density at radius 3 is 2.58 bits per heavy atom. The normalized spacial score (nSPS) is 14.1. The molecule has 1 fully saturated rings. The number of aryl methyl sites for hydroxylation is 1. The van der Waals surface area contributed by atoms with Gasteiger partial charge in [-0.25, -0.2) is 0 Å². The Kier molecular flexibility index (Phi) is 7.43. The molecule has 13 nitrogen and oxygen atoms in total. The molecule has 4 rings (SSSR count). The average Bonchev–Trinajstić information content (AvgIpc) is 3.72. The van der Waals surface area contributed by atoms with Gasteiger partial charge in [-0.1, -0.05) is 6.07 Å². The van der Waals surface area contributed by atoms with E-state index in [2.05, 4.69) is 25.9 Å². The van der Waals surface area contributed by atoms with E-state index in [9.17, 15) is 14.4 Å². The van der Waals surface area contributed by atoms with Crippen LogP contribution in [0, 0.1) is 5.92 Å². The van der Waals surface area contributed by atoms with Crippen molar-refractivity contribution in [3.63, 3.8) is 0 Å². The highest BCUT2D eigenvalue weighted by Crippen LogP contribution is 2.38. The molecule has 212 valence electrons. The summed E-state index contributed by atoms with van der Waals surface area (Å²) in [4.78, 5) is 41.9. The molecule has 0 radical (unpaired) electrons. The van der Waals surface area contributed by atoms with Gasteiger partial charge in [0.1, 0.15) is 5.69 Å². The standard InChI is InChI=1S/C27H35N9O4/c1-28-26(38)23-20(15-22(31-32-23)30-25(37)16-10-11-16)29-18-9-7-8-17(24(18)40-6)19-14-21(36(5)33-19)27(39)35(4)13-12-34(2)3/h7-9,14-16H,10-13H2,1-6H3,(H,28,38)(H2,29,30,31,37)/i1D3. The lowest BCUT2D eigenvalue weighted by molar-refractivity contribution is -0.117. The molecule has 13 heteroatoms. The van der Waals surface area contributed by atoms with Gasteiger partial charge >= 0.3 is 0 Å². The van der Waals surface area contributed by atoms with Crippen LogP contribution in [-0.2, 0) is 11.8 Å². The van der Waals surface area contributed by atoms with Gasteiger partial charge in [0.2, 0.25) is 5.91 Å². The molecule has 0 bridgehead atoms. The van der Waals surface area contributed by atoms with Crippen molar-refractivity contribution in [3.8, 4) is 17.0 Å². The highest BCUT2D eigenvalue weighted by atomic mass is 16.5. The maximum Gasteiger partial charge on any atom is 0.273 e. The number of amides is 3. The van der Waals surface area contributed by atoms with Crippen molar-refractivity contribution in [1.29, 1.82) is 0 Å². The van der Waals surface area contributed by atoms with E-state index in [1.54, 1.807) is 43.3 Å². The van der Waals surface area contributed by atoms with E-state index in [-0.39, 0.29) is 34.9 Å². The summed E-state index contributed by atoms with van der Waals surface area (Å²) in [5, 5.41) is 20.0. The zero-order chi connectivity index (χ0) is 31.5. The number of nitrogens with zero attached hydrogens (tertiary/aromatic N) is 6. The maximum absolute atomic E-state index is 13.1. The van der Waals surface area contributed by atoms with Gasteiger partial charge in [-0.3, -0.25) is 19.1 Å². The highest BCUT2D eigenvalue weighted by Gasteiger charge is 2.30. The minimum Gasteiger partial charge on any atom is -0.494 e. The number of hydrogen-bond donors (Lipinski definition) is 3. The van der Waals surface area contributed by atoms with Crippen LogP contribution in [0.4, 0.5) is 17.2 Å². The Hall–Kier alpha value is -4.52. The Morgan fingerprint density at radius 1 is 1.12 bits per heavy atom. The minimum atomic E-state index is -2.76. The number of nitrogens with one attached hydrogen (secondary N) is 3. The third kappa shape index (κ3) is 6.37. The lowest BCUT2D eigenvalue weighted by Crippen LogP contribution is -2.34. The van der Waals surface area contributed by atoms with E-state index < -0.39 is 12.9 Å². The lowest BCUT2D eigenvalue weighted by atomic mass is 10.1. The lowest BCUT2D eigenvalue weighted by Gasteiger charge is -2.19. The topological polar surface area (TPSA) is 147 Å². The first kappa shape index (κ1) is 24.5. The number of ether oxygens (including phenoxy) is 1. The van der Waals surface area contributed by atoms with Gasteiger partial charge in [0, 0.05) is 55.8 Å². The van der Waals surface area contributed by atoms with Gasteiger partial charge in [0.25, 0.3) is 11.8 Å². The zero-order valence-corrected chi connectivity index (χ0v) is 23.1. The van der Waals surface area contributed by atoms with Crippen molar-refractivity contribution in [3.05, 3.63) is 41.7 Å². The SMILES string of the molecule is [2H]C([2H])([2H])NC(=O)c1nnc(NC(=O)C2CC2)cc1Nc1cccc(-c2cc(C(=O)N(C)CCN(C)C)n(C)n2)c1OC. The molecular formula is C27H35N9O4. The van der Waals surface area contributed by atoms with Crippen LogP contribution in [-0.4, -0.2) is 95.8 Å². The van der Waals surface area contributed by atoms with E-state index in [4.69, 9.17) is 8.85 Å². The Balaban J connectivity index is 1.68. The number of methoxy groups -OCH3 is 1. The molecule has 3 amide bonds. The number of anilines is 3. The molecule has 3 aromatic rings. The molecule has 0 spiro atoms. The minimum absolute atomic E-state index is 0.0812. The van der Waals surface area contributed by atoms with Crippen LogP contribution in [0.5, 0.6) is 5.75 Å². The van der Waals surface area contributed by atoms with Crippen LogP contribution >= 0.6 is 0 Å². The number of hydrogen-bond acceptors (Lipinski definition) is 9. The molecule has 40 heavy (non-hydrogen) atoms. The van der Waals surface area contributed by atoms with Crippen LogP contribution in [0.2, 0.25) is 0 Å². The Bertz CT molecular complexity index is 1520. The second-order valence-electron chi connectivity index (χ2n) is 9.79. The van der Waals surface area contributed by atoms with E-state index >= 15 is 0 Å². The average molecular weight is 553 g/mol. The highest BCUT2D eigenvalue weighted by molar-refractivity contribution is 6.00. The molecule has 0 aliphatic heterocycles. The molecule has 0 atom stereocenters. The van der Waals surface area contributed by atoms with Crippen molar-refractivity contribution >= 4 is 34.9 Å². The first-order valence-corrected chi connectivity index (χ1v) is 12.7. The molecule has 1 aromatic carbocycles. The number of carbonyl (C=O) groups excluding carboxylic acids is 3. The summed E-state index contributed by atoms with van der Waals surface area (Å²) < 4.78 is 29.5. The van der Waals surface area contributed by atoms with Crippen LogP contribution < -0.4 is 20.7 Å². The Morgan fingerprint density at radius 2 is 1.90 bits per heavy atom. The molecule has 1 aliphatic carbocycles. The van der Waals surface area contributed by atoms with Crippen molar-refractivity contribution < 1.29 is 23.2 Å². The van der Waals surface area contributed by atoms with Gasteiger partial charge < -0.3 is 30.5 Å². The van der Waals surface area contributed by atoms with E-state index in [0.717, 1.165) is 12.8 Å². The summed E-state index contributed by atoms with van der Waals surface area (Å²) in [6, 6.07) is 8.25.